The molecule has 4 aromatic heterocycles. The molecule has 0 aliphatic carbocycles. The van der Waals surface area contributed by atoms with Gasteiger partial charge in [-0.3, -0.25) is 9.97 Å². The number of aromatic nitrogens is 6. The topological polar surface area (TPSA) is 102 Å². The van der Waals surface area contributed by atoms with Crippen molar-refractivity contribution >= 4 is 22.1 Å². The van der Waals surface area contributed by atoms with Gasteiger partial charge < -0.3 is 19.3 Å². The van der Waals surface area contributed by atoms with Crippen molar-refractivity contribution in [3.8, 4) is 101 Å². The smallest absolute Gasteiger partial charge is 0.143 e. The molecule has 0 saturated carbocycles. The number of aromatic hydroxyl groups is 2. The van der Waals surface area contributed by atoms with Crippen molar-refractivity contribution in [1.29, 1.82) is 0 Å². The summed E-state index contributed by atoms with van der Waals surface area (Å²) in [5.41, 5.74) is 24.6. The molecule has 0 unspecified atom stereocenters. The largest absolute Gasteiger partial charge is 0.507 e. The van der Waals surface area contributed by atoms with E-state index in [1.165, 1.54) is 33.4 Å². The van der Waals surface area contributed by atoms with Crippen molar-refractivity contribution in [2.45, 2.75) is 164 Å². The number of nitrogens with zero attached hydrogens (tertiary/aromatic N) is 6. The molecule has 10 heteroatoms. The Bertz CT molecular complexity index is 4850. The van der Waals surface area contributed by atoms with Crippen molar-refractivity contribution in [2.24, 2.45) is 14.1 Å². The number of phenols is 2. The third kappa shape index (κ3) is 15.2. The van der Waals surface area contributed by atoms with Crippen LogP contribution in [0, 0.1) is 19.1 Å². The van der Waals surface area contributed by atoms with E-state index in [1.54, 1.807) is 0 Å². The molecule has 0 saturated heterocycles. The van der Waals surface area contributed by atoms with Gasteiger partial charge in [-0.25, -0.2) is 9.97 Å². The van der Waals surface area contributed by atoms with Crippen molar-refractivity contribution in [2.75, 3.05) is 0 Å². The molecule has 0 atom stereocenters. The molecular weight excluding hydrogens is 1550 g/mol. The molecule has 4 heterocycles. The molecule has 12 rings (SSSR count). The van der Waals surface area contributed by atoms with Crippen LogP contribution in [0.5, 0.6) is 11.5 Å². The van der Waals surface area contributed by atoms with Crippen LogP contribution in [0.1, 0.15) is 164 Å². The average Bonchev–Trinajstić information content (AvgIpc) is 1.67. The van der Waals surface area contributed by atoms with Crippen molar-refractivity contribution in [1.82, 2.24) is 29.1 Å². The van der Waals surface area contributed by atoms with Crippen molar-refractivity contribution in [3.63, 3.8) is 0 Å². The van der Waals surface area contributed by atoms with Gasteiger partial charge in [-0.15, -0.1) is 53.6 Å². The van der Waals surface area contributed by atoms with Gasteiger partial charge in [-0.1, -0.05) is 256 Å². The third-order valence-electron chi connectivity index (χ3n) is 18.5. The number of phenolic OH excluding ortho intramolecular Hbond substituents is 2. The number of imidazole rings is 2. The summed E-state index contributed by atoms with van der Waals surface area (Å²) in [4.78, 5) is 20.0. The van der Waals surface area contributed by atoms with Crippen LogP contribution in [0.4, 0.5) is 0 Å². The molecule has 97 heavy (non-hydrogen) atoms. The Morgan fingerprint density at radius 3 is 1.26 bits per heavy atom. The van der Waals surface area contributed by atoms with Gasteiger partial charge in [0.05, 0.1) is 33.2 Å². The van der Waals surface area contributed by atoms with E-state index in [4.69, 9.17) is 19.9 Å². The van der Waals surface area contributed by atoms with E-state index in [0.29, 0.717) is 5.75 Å². The van der Waals surface area contributed by atoms with Crippen LogP contribution in [-0.2, 0) is 88.7 Å². The van der Waals surface area contributed by atoms with Crippen LogP contribution >= 0.6 is 0 Å². The monoisotopic (exact) mass is 1640 g/mol. The van der Waals surface area contributed by atoms with Crippen LogP contribution in [-0.4, -0.2) is 39.3 Å². The minimum Gasteiger partial charge on any atom is -0.507 e. The molecule has 506 valence electrons. The molecule has 0 spiro atoms. The number of hydrogen-bond acceptors (Lipinski definition) is 6. The molecule has 0 amide bonds. The van der Waals surface area contributed by atoms with Crippen molar-refractivity contribution in [3.05, 3.63) is 227 Å². The van der Waals surface area contributed by atoms with Crippen LogP contribution < -0.4 is 0 Å². The average molecular weight is 1650 g/mol. The third-order valence-corrected chi connectivity index (χ3v) is 18.5. The number of aryl methyl sites for hydroxylation is 3. The van der Waals surface area contributed by atoms with Crippen LogP contribution in [0.15, 0.2) is 176 Å². The second-order valence-corrected chi connectivity index (χ2v) is 32.1. The number of benzene rings is 8. The molecule has 8 nitrogen and oxygen atoms in total. The minimum atomic E-state index is -0.246. The fourth-order valence-corrected chi connectivity index (χ4v) is 12.5. The summed E-state index contributed by atoms with van der Waals surface area (Å²) < 4.78 is 4.20. The first-order valence-corrected chi connectivity index (χ1v) is 33.3. The normalized spacial score (nSPS) is 12.3. The summed E-state index contributed by atoms with van der Waals surface area (Å²) in [7, 11) is 4.07. The predicted molar refractivity (Wildman–Crippen MR) is 398 cm³/mol. The number of rotatable bonds is 8. The molecular formula is C87H94N6O2Pt2-2. The molecule has 0 aliphatic heterocycles. The van der Waals surface area contributed by atoms with Gasteiger partial charge in [0, 0.05) is 91.1 Å². The van der Waals surface area contributed by atoms with E-state index in [1.807, 2.05) is 50.8 Å². The standard InChI is InChI=1S/C47H54N3O.C40H40N3O.2Pt/c1-44(2,3)33-24-30(25-34(26-33)45(4,5)6)29-21-31(23-32(22-29)39-18-14-15-20-48-39)36-17-16-19-40-41(36)49-43(50(40)13)37-27-35(46(7,8)9)28-38(42(37)51)47(10,11)12;1-25-24-41-34(23-31(25)26-14-10-9-11-15-26)28-17-12-16-27(20-28)30-18-13-19-35-36(30)42-38(43(35)8)32-21-29(39(2,3)4)22-33(37(32)44)40(5,6)7;;/h14-22,24-28,51H,1-13H3;9-19,21-24,44H,1-8H3;;/q2*-1;;. The number of pyridine rings is 2. The summed E-state index contributed by atoms with van der Waals surface area (Å²) in [5, 5.41) is 23.4. The molecule has 8 aromatic carbocycles. The number of hydrogen-bond donors (Lipinski definition) is 2. The van der Waals surface area contributed by atoms with Gasteiger partial charge >= 0.3 is 0 Å². The maximum Gasteiger partial charge on any atom is 0.143 e. The second-order valence-electron chi connectivity index (χ2n) is 32.1. The van der Waals surface area contributed by atoms with Crippen molar-refractivity contribution < 1.29 is 52.3 Å². The van der Waals surface area contributed by atoms with E-state index in [0.717, 1.165) is 117 Å². The van der Waals surface area contributed by atoms with Gasteiger partial charge in [0.2, 0.25) is 0 Å². The van der Waals surface area contributed by atoms with Gasteiger partial charge in [0.15, 0.2) is 0 Å². The number of para-hydroxylation sites is 2. The zero-order valence-corrected chi connectivity index (χ0v) is 65.0. The quantitative estimate of drug-likeness (QED) is 0.147. The fourth-order valence-electron chi connectivity index (χ4n) is 12.5. The van der Waals surface area contributed by atoms with E-state index < -0.39 is 0 Å². The Labute approximate surface area is 605 Å². The first-order chi connectivity index (χ1) is 44.4. The molecule has 12 aromatic rings. The predicted octanol–water partition coefficient (Wildman–Crippen LogP) is 22.4. The summed E-state index contributed by atoms with van der Waals surface area (Å²) >= 11 is 0. The first kappa shape index (κ1) is 73.2. The maximum absolute atomic E-state index is 11.8. The Morgan fingerprint density at radius 1 is 0.351 bits per heavy atom. The van der Waals surface area contributed by atoms with Crippen LogP contribution in [0.25, 0.3) is 112 Å². The molecule has 0 fully saturated rings. The van der Waals surface area contributed by atoms with E-state index in [2.05, 4.69) is 292 Å². The minimum absolute atomic E-state index is 0. The van der Waals surface area contributed by atoms with Gasteiger partial charge in [-0.05, 0) is 114 Å². The molecule has 2 N–H and O–H groups in total. The Hall–Kier alpha value is -8.02. The molecule has 0 bridgehead atoms. The zero-order chi connectivity index (χ0) is 68.6. The number of fused-ring (bicyclic) bond motifs is 2. The Kier molecular flexibility index (Phi) is 20.7. The van der Waals surface area contributed by atoms with Gasteiger partial charge in [0.1, 0.15) is 23.1 Å². The first-order valence-electron chi connectivity index (χ1n) is 33.3. The maximum atomic E-state index is 11.8. The SMILES string of the molecule is Cc1cnc(-c2[c-]c(-c3cccc4c3nc(-c3cc(C(C)(C)C)cc(C(C)(C)C)c3O)n4C)ccc2)cc1-c1ccccc1.Cn1c(-c2cc(C(C)(C)C)cc(C(C)(C)C)c2O)nc2c(-c3[c-]c(-c4ccccn4)cc(-c4cc(C(C)(C)C)cc(C(C)(C)C)c4)c3)cccc21.[Pt].[Pt]. The molecule has 0 radical (unpaired) electrons. The Balaban J connectivity index is 0.000000225. The summed E-state index contributed by atoms with van der Waals surface area (Å²) in [6.45, 7) is 41.9. The zero-order valence-electron chi connectivity index (χ0n) is 60.5. The summed E-state index contributed by atoms with van der Waals surface area (Å²) in [6.07, 6.45) is 3.77. The van der Waals surface area contributed by atoms with Gasteiger partial charge in [0.25, 0.3) is 0 Å². The van der Waals surface area contributed by atoms with E-state index >= 15 is 0 Å². The van der Waals surface area contributed by atoms with Crippen LogP contribution in [0.3, 0.4) is 0 Å². The van der Waals surface area contributed by atoms with Crippen LogP contribution in [0.2, 0.25) is 0 Å². The van der Waals surface area contributed by atoms with E-state index in [9.17, 15) is 10.2 Å². The fraction of sp³-hybridized carbons (Fsp3) is 0.310. The summed E-state index contributed by atoms with van der Waals surface area (Å²) in [6, 6.07) is 64.8. The van der Waals surface area contributed by atoms with Gasteiger partial charge in [-0.2, -0.15) is 0 Å². The van der Waals surface area contributed by atoms with E-state index in [-0.39, 0.29) is 80.4 Å². The summed E-state index contributed by atoms with van der Waals surface area (Å²) in [5.74, 6) is 2.05. The molecule has 0 aliphatic rings. The Morgan fingerprint density at radius 2 is 0.784 bits per heavy atom. The second kappa shape index (κ2) is 27.4.